The lowest BCUT2D eigenvalue weighted by Gasteiger charge is -2.05. The van der Waals surface area contributed by atoms with Gasteiger partial charge in [-0.2, -0.15) is 0 Å². The van der Waals surface area contributed by atoms with E-state index in [0.717, 1.165) is 24.8 Å². The number of rotatable bonds is 5. The van der Waals surface area contributed by atoms with Gasteiger partial charge in [0.1, 0.15) is 0 Å². The normalized spacial score (nSPS) is 13.2. The average Bonchev–Trinajstić information content (AvgIpc) is 2.11. The fourth-order valence-electron chi connectivity index (χ4n) is 1.39. The molecule has 0 bridgehead atoms. The van der Waals surface area contributed by atoms with Crippen molar-refractivity contribution in [1.29, 1.82) is 0 Å². The van der Waals surface area contributed by atoms with E-state index in [1.165, 1.54) is 5.57 Å². The smallest absolute Gasteiger partial charge is 0.156 e. The molecule has 0 N–H and O–H groups in total. The second kappa shape index (κ2) is 6.64. The zero-order chi connectivity index (χ0) is 10.3. The number of hydrogen-bond donors (Lipinski definition) is 0. The molecule has 13 heavy (non-hydrogen) atoms. The van der Waals surface area contributed by atoms with Crippen LogP contribution in [-0.4, -0.2) is 5.78 Å². The van der Waals surface area contributed by atoms with Gasteiger partial charge in [0.15, 0.2) is 5.78 Å². The maximum absolute atomic E-state index is 11.2. The van der Waals surface area contributed by atoms with Gasteiger partial charge in [-0.05, 0) is 37.3 Å². The van der Waals surface area contributed by atoms with Gasteiger partial charge in [-0.1, -0.05) is 32.9 Å². The highest BCUT2D eigenvalue weighted by Crippen LogP contribution is 2.15. The van der Waals surface area contributed by atoms with Gasteiger partial charge >= 0.3 is 0 Å². The number of allylic oxidation sites excluding steroid dienone is 4. The molecule has 1 nitrogen and oxygen atoms in total. The summed E-state index contributed by atoms with van der Waals surface area (Å²) in [5.74, 6) is 0.208. The van der Waals surface area contributed by atoms with Gasteiger partial charge in [-0.3, -0.25) is 4.79 Å². The summed E-state index contributed by atoms with van der Waals surface area (Å²) < 4.78 is 0. The Morgan fingerprint density at radius 1 is 1.15 bits per heavy atom. The number of hydrogen-bond acceptors (Lipinski definition) is 1. The Labute approximate surface area is 81.5 Å². The highest BCUT2D eigenvalue weighted by Gasteiger charge is 2.04. The van der Waals surface area contributed by atoms with Crippen molar-refractivity contribution in [1.82, 2.24) is 0 Å². The van der Waals surface area contributed by atoms with Gasteiger partial charge in [0.05, 0.1) is 0 Å². The van der Waals surface area contributed by atoms with Crippen LogP contribution in [0.4, 0.5) is 0 Å². The summed E-state index contributed by atoms with van der Waals surface area (Å²) >= 11 is 0. The maximum atomic E-state index is 11.2. The third-order valence-corrected chi connectivity index (χ3v) is 2.10. The second-order valence-electron chi connectivity index (χ2n) is 3.08. The molecule has 0 aliphatic carbocycles. The molecule has 0 aromatic carbocycles. The molecule has 0 amide bonds. The monoisotopic (exact) mass is 180 g/mol. The molecule has 0 heterocycles. The molecule has 0 unspecified atom stereocenters. The summed E-state index contributed by atoms with van der Waals surface area (Å²) in [7, 11) is 0. The van der Waals surface area contributed by atoms with Gasteiger partial charge < -0.3 is 0 Å². The van der Waals surface area contributed by atoms with Crippen molar-refractivity contribution in [3.63, 3.8) is 0 Å². The topological polar surface area (TPSA) is 17.1 Å². The van der Waals surface area contributed by atoms with E-state index in [0.29, 0.717) is 0 Å². The van der Waals surface area contributed by atoms with Crippen LogP contribution in [-0.2, 0) is 4.79 Å². The van der Waals surface area contributed by atoms with Gasteiger partial charge in [-0.25, -0.2) is 0 Å². The first-order chi connectivity index (χ1) is 6.17. The maximum Gasteiger partial charge on any atom is 0.156 e. The van der Waals surface area contributed by atoms with E-state index in [2.05, 4.69) is 26.0 Å². The molecule has 0 saturated carbocycles. The van der Waals surface area contributed by atoms with Gasteiger partial charge in [-0.15, -0.1) is 0 Å². The predicted octanol–water partition coefficient (Wildman–Crippen LogP) is 3.66. The van der Waals surface area contributed by atoms with Crippen molar-refractivity contribution in [3.8, 4) is 0 Å². The lowest BCUT2D eigenvalue weighted by molar-refractivity contribution is -0.113. The van der Waals surface area contributed by atoms with Crippen molar-refractivity contribution < 1.29 is 4.79 Å². The van der Waals surface area contributed by atoms with E-state index in [1.54, 1.807) is 6.92 Å². The van der Waals surface area contributed by atoms with Crippen LogP contribution < -0.4 is 0 Å². The molecular weight excluding hydrogens is 160 g/mol. The SMILES string of the molecule is CC/C=C\C(CC)=C(/CC)C(C)=O. The second-order valence-corrected chi connectivity index (χ2v) is 3.08. The third-order valence-electron chi connectivity index (χ3n) is 2.10. The molecule has 0 aliphatic rings. The summed E-state index contributed by atoms with van der Waals surface area (Å²) in [6.07, 6.45) is 7.00. The van der Waals surface area contributed by atoms with Crippen molar-refractivity contribution in [2.24, 2.45) is 0 Å². The van der Waals surface area contributed by atoms with Crippen molar-refractivity contribution in [2.45, 2.75) is 47.0 Å². The largest absolute Gasteiger partial charge is 0.295 e. The quantitative estimate of drug-likeness (QED) is 0.466. The molecule has 1 heteroatoms. The van der Waals surface area contributed by atoms with Crippen LogP contribution in [0.5, 0.6) is 0 Å². The Hall–Kier alpha value is -0.850. The lowest BCUT2D eigenvalue weighted by Crippen LogP contribution is -1.99. The summed E-state index contributed by atoms with van der Waals surface area (Å²) in [6.45, 7) is 7.87. The average molecular weight is 180 g/mol. The molecule has 0 aromatic heterocycles. The van der Waals surface area contributed by atoms with Crippen LogP contribution >= 0.6 is 0 Å². The van der Waals surface area contributed by atoms with Crippen LogP contribution in [0.3, 0.4) is 0 Å². The standard InChI is InChI=1S/C12H20O/c1-5-8-9-11(6-2)12(7-3)10(4)13/h8-9H,5-7H2,1-4H3/b9-8-,12-11+. The molecule has 0 atom stereocenters. The van der Waals surface area contributed by atoms with E-state index in [9.17, 15) is 4.79 Å². The summed E-state index contributed by atoms with van der Waals surface area (Å²) in [5, 5.41) is 0. The Bertz CT molecular complexity index is 221. The molecule has 0 rings (SSSR count). The number of carbonyl (C=O) groups excluding carboxylic acids is 1. The van der Waals surface area contributed by atoms with Gasteiger partial charge in [0.2, 0.25) is 0 Å². The Morgan fingerprint density at radius 2 is 1.77 bits per heavy atom. The Balaban J connectivity index is 4.82. The van der Waals surface area contributed by atoms with E-state index in [1.807, 2.05) is 6.92 Å². The van der Waals surface area contributed by atoms with E-state index >= 15 is 0 Å². The van der Waals surface area contributed by atoms with Gasteiger partial charge in [0.25, 0.3) is 0 Å². The highest BCUT2D eigenvalue weighted by atomic mass is 16.1. The van der Waals surface area contributed by atoms with Crippen LogP contribution in [0.15, 0.2) is 23.3 Å². The zero-order valence-corrected chi connectivity index (χ0v) is 9.18. The minimum Gasteiger partial charge on any atom is -0.295 e. The van der Waals surface area contributed by atoms with Crippen LogP contribution in [0, 0.1) is 0 Å². The Kier molecular flexibility index (Phi) is 6.21. The van der Waals surface area contributed by atoms with Crippen molar-refractivity contribution >= 4 is 5.78 Å². The molecule has 0 aromatic rings. The first-order valence-corrected chi connectivity index (χ1v) is 5.06. The Morgan fingerprint density at radius 3 is 2.08 bits per heavy atom. The minimum atomic E-state index is 0.208. The van der Waals surface area contributed by atoms with Crippen LogP contribution in [0.1, 0.15) is 47.0 Å². The van der Waals surface area contributed by atoms with Crippen LogP contribution in [0.25, 0.3) is 0 Å². The van der Waals surface area contributed by atoms with Crippen molar-refractivity contribution in [2.75, 3.05) is 0 Å². The summed E-state index contributed by atoms with van der Waals surface area (Å²) in [4.78, 5) is 11.2. The molecule has 0 saturated heterocycles. The van der Waals surface area contributed by atoms with Gasteiger partial charge in [0, 0.05) is 0 Å². The molecule has 0 aliphatic heterocycles. The molecule has 0 radical (unpaired) electrons. The molecule has 74 valence electrons. The summed E-state index contributed by atoms with van der Waals surface area (Å²) in [5.41, 5.74) is 2.17. The number of Topliss-reactive ketones (excluding diaryl/α,β-unsaturated/α-hetero) is 1. The fraction of sp³-hybridized carbons (Fsp3) is 0.583. The van der Waals surface area contributed by atoms with Crippen LogP contribution in [0.2, 0.25) is 0 Å². The van der Waals surface area contributed by atoms with E-state index in [-0.39, 0.29) is 5.78 Å². The fourth-order valence-corrected chi connectivity index (χ4v) is 1.39. The highest BCUT2D eigenvalue weighted by molar-refractivity contribution is 5.94. The number of ketones is 1. The third kappa shape index (κ3) is 4.07. The summed E-state index contributed by atoms with van der Waals surface area (Å²) in [6, 6.07) is 0. The molecule has 0 spiro atoms. The number of carbonyl (C=O) groups is 1. The lowest BCUT2D eigenvalue weighted by atomic mass is 10.00. The first-order valence-electron chi connectivity index (χ1n) is 5.06. The molecule has 0 fully saturated rings. The predicted molar refractivity (Wildman–Crippen MR) is 57.7 cm³/mol. The molecular formula is C12H20O. The first kappa shape index (κ1) is 12.2. The minimum absolute atomic E-state index is 0.208. The van der Waals surface area contributed by atoms with Crippen molar-refractivity contribution in [3.05, 3.63) is 23.3 Å². The van der Waals surface area contributed by atoms with E-state index < -0.39 is 0 Å². The zero-order valence-electron chi connectivity index (χ0n) is 9.18. The van der Waals surface area contributed by atoms with E-state index in [4.69, 9.17) is 0 Å².